The van der Waals surface area contributed by atoms with Crippen LogP contribution in [0.2, 0.25) is 10.0 Å². The zero-order valence-corrected chi connectivity index (χ0v) is 15.5. The number of likely N-dealkylation sites (tertiary alicyclic amines) is 1. The van der Waals surface area contributed by atoms with Crippen molar-refractivity contribution in [2.24, 2.45) is 0 Å². The molecule has 0 saturated carbocycles. The van der Waals surface area contributed by atoms with Crippen molar-refractivity contribution >= 4 is 29.2 Å². The molecule has 3 nitrogen and oxygen atoms in total. The summed E-state index contributed by atoms with van der Waals surface area (Å²) in [6.07, 6.45) is 2.97. The molecule has 3 rings (SSSR count). The highest BCUT2D eigenvalue weighted by atomic mass is 35.5. The van der Waals surface area contributed by atoms with Crippen molar-refractivity contribution in [2.75, 3.05) is 6.54 Å². The molecular formula is C20H21Cl2NO2. The Bertz CT molecular complexity index is 735. The summed E-state index contributed by atoms with van der Waals surface area (Å²) in [6, 6.07) is 15.0. The Balaban J connectivity index is 1.62. The largest absolute Gasteiger partial charge is 0.460 e. The smallest absolute Gasteiger partial charge is 0.323 e. The van der Waals surface area contributed by atoms with Gasteiger partial charge in [0.2, 0.25) is 0 Å². The monoisotopic (exact) mass is 377 g/mol. The van der Waals surface area contributed by atoms with E-state index in [0.29, 0.717) is 11.6 Å². The van der Waals surface area contributed by atoms with E-state index in [1.807, 2.05) is 42.5 Å². The Labute approximate surface area is 158 Å². The molecular weight excluding hydrogens is 357 g/mol. The second-order valence-electron chi connectivity index (χ2n) is 6.35. The standard InChI is InChI=1S/C20H21Cl2NO2/c21-17-7-3-5-15(11-17)13-23-10-2-1-9-19(23)20(24)25-14-16-6-4-8-18(22)12-16/h3-8,11-12,19H,1-2,9-10,13-14H2/t19-/m1/s1. The summed E-state index contributed by atoms with van der Waals surface area (Å²) >= 11 is 12.0. The van der Waals surface area contributed by atoms with Crippen LogP contribution in [0.25, 0.3) is 0 Å². The van der Waals surface area contributed by atoms with E-state index in [0.717, 1.165) is 42.0 Å². The number of benzene rings is 2. The summed E-state index contributed by atoms with van der Waals surface area (Å²) in [6.45, 7) is 1.85. The molecule has 1 saturated heterocycles. The van der Waals surface area contributed by atoms with Crippen LogP contribution in [-0.4, -0.2) is 23.5 Å². The van der Waals surface area contributed by atoms with Crippen LogP contribution in [0.3, 0.4) is 0 Å². The lowest BCUT2D eigenvalue weighted by atomic mass is 10.0. The van der Waals surface area contributed by atoms with Crippen molar-refractivity contribution in [1.82, 2.24) is 4.90 Å². The zero-order valence-electron chi connectivity index (χ0n) is 14.0. The maximum Gasteiger partial charge on any atom is 0.323 e. The van der Waals surface area contributed by atoms with Gasteiger partial charge in [0.25, 0.3) is 0 Å². The van der Waals surface area contributed by atoms with E-state index in [2.05, 4.69) is 4.90 Å². The van der Waals surface area contributed by atoms with Crippen molar-refractivity contribution in [3.63, 3.8) is 0 Å². The van der Waals surface area contributed by atoms with E-state index in [1.165, 1.54) is 0 Å². The molecule has 25 heavy (non-hydrogen) atoms. The molecule has 1 aliphatic rings. The molecule has 1 heterocycles. The molecule has 2 aromatic carbocycles. The van der Waals surface area contributed by atoms with Crippen molar-refractivity contribution in [1.29, 1.82) is 0 Å². The molecule has 0 N–H and O–H groups in total. The van der Waals surface area contributed by atoms with Gasteiger partial charge in [-0.2, -0.15) is 0 Å². The first kappa shape index (κ1) is 18.2. The number of ether oxygens (including phenoxy) is 1. The van der Waals surface area contributed by atoms with E-state index < -0.39 is 0 Å². The Hall–Kier alpha value is -1.55. The Morgan fingerprint density at radius 3 is 2.44 bits per heavy atom. The zero-order chi connectivity index (χ0) is 17.6. The summed E-state index contributed by atoms with van der Waals surface area (Å²) in [5.41, 5.74) is 2.01. The molecule has 2 aromatic rings. The number of carbonyl (C=O) groups is 1. The molecule has 0 radical (unpaired) electrons. The highest BCUT2D eigenvalue weighted by molar-refractivity contribution is 6.30. The van der Waals surface area contributed by atoms with Gasteiger partial charge in [0.15, 0.2) is 0 Å². The number of rotatable bonds is 5. The fourth-order valence-electron chi connectivity index (χ4n) is 3.19. The quantitative estimate of drug-likeness (QED) is 0.679. The van der Waals surface area contributed by atoms with Crippen LogP contribution in [0.15, 0.2) is 48.5 Å². The fourth-order valence-corrected chi connectivity index (χ4v) is 3.62. The predicted molar refractivity (Wildman–Crippen MR) is 101 cm³/mol. The summed E-state index contributed by atoms with van der Waals surface area (Å²) in [5, 5.41) is 1.36. The van der Waals surface area contributed by atoms with E-state index in [-0.39, 0.29) is 18.6 Å². The number of piperidine rings is 1. The van der Waals surface area contributed by atoms with Crippen LogP contribution in [0, 0.1) is 0 Å². The van der Waals surface area contributed by atoms with Gasteiger partial charge in [-0.1, -0.05) is 53.9 Å². The molecule has 1 atom stereocenters. The van der Waals surface area contributed by atoms with E-state index in [4.69, 9.17) is 27.9 Å². The van der Waals surface area contributed by atoms with E-state index in [9.17, 15) is 4.79 Å². The Kier molecular flexibility index (Phi) is 6.35. The van der Waals surface area contributed by atoms with Gasteiger partial charge in [0, 0.05) is 16.6 Å². The minimum absolute atomic E-state index is 0.165. The predicted octanol–water partition coefficient (Wildman–Crippen LogP) is 5.09. The average molecular weight is 378 g/mol. The highest BCUT2D eigenvalue weighted by Gasteiger charge is 2.30. The molecule has 0 aliphatic carbocycles. The van der Waals surface area contributed by atoms with Gasteiger partial charge in [-0.3, -0.25) is 9.69 Å². The van der Waals surface area contributed by atoms with Crippen LogP contribution in [0.5, 0.6) is 0 Å². The van der Waals surface area contributed by atoms with Crippen molar-refractivity contribution < 1.29 is 9.53 Å². The van der Waals surface area contributed by atoms with Crippen LogP contribution in [0.1, 0.15) is 30.4 Å². The van der Waals surface area contributed by atoms with Gasteiger partial charge in [0.05, 0.1) is 0 Å². The maximum absolute atomic E-state index is 12.6. The second kappa shape index (κ2) is 8.70. The Morgan fingerprint density at radius 2 is 1.72 bits per heavy atom. The minimum Gasteiger partial charge on any atom is -0.460 e. The van der Waals surface area contributed by atoms with Crippen LogP contribution in [0.4, 0.5) is 0 Å². The molecule has 132 valence electrons. The van der Waals surface area contributed by atoms with Gasteiger partial charge in [-0.25, -0.2) is 0 Å². The molecule has 5 heteroatoms. The molecule has 0 bridgehead atoms. The van der Waals surface area contributed by atoms with E-state index in [1.54, 1.807) is 6.07 Å². The maximum atomic E-state index is 12.6. The molecule has 0 aromatic heterocycles. The van der Waals surface area contributed by atoms with Crippen molar-refractivity contribution in [2.45, 2.75) is 38.5 Å². The molecule has 1 fully saturated rings. The first-order valence-electron chi connectivity index (χ1n) is 8.51. The lowest BCUT2D eigenvalue weighted by molar-refractivity contribution is -0.153. The number of esters is 1. The molecule has 1 aliphatic heterocycles. The average Bonchev–Trinajstić information content (AvgIpc) is 2.60. The topological polar surface area (TPSA) is 29.5 Å². The number of hydrogen-bond donors (Lipinski definition) is 0. The van der Waals surface area contributed by atoms with Gasteiger partial charge in [-0.15, -0.1) is 0 Å². The third-order valence-electron chi connectivity index (χ3n) is 4.43. The molecule has 0 spiro atoms. The van der Waals surface area contributed by atoms with Crippen LogP contribution >= 0.6 is 23.2 Å². The molecule has 0 unspecified atom stereocenters. The van der Waals surface area contributed by atoms with Gasteiger partial charge in [-0.05, 0) is 54.8 Å². The fraction of sp³-hybridized carbons (Fsp3) is 0.350. The van der Waals surface area contributed by atoms with Crippen LogP contribution in [-0.2, 0) is 22.7 Å². The van der Waals surface area contributed by atoms with Crippen molar-refractivity contribution in [3.8, 4) is 0 Å². The van der Waals surface area contributed by atoms with E-state index >= 15 is 0 Å². The van der Waals surface area contributed by atoms with Gasteiger partial charge < -0.3 is 4.74 Å². The third-order valence-corrected chi connectivity index (χ3v) is 4.90. The van der Waals surface area contributed by atoms with Crippen molar-refractivity contribution in [3.05, 3.63) is 69.7 Å². The SMILES string of the molecule is O=C(OCc1cccc(Cl)c1)[C@H]1CCCCN1Cc1cccc(Cl)c1. The van der Waals surface area contributed by atoms with Gasteiger partial charge >= 0.3 is 5.97 Å². The van der Waals surface area contributed by atoms with Gasteiger partial charge in [0.1, 0.15) is 12.6 Å². The highest BCUT2D eigenvalue weighted by Crippen LogP contribution is 2.22. The minimum atomic E-state index is -0.202. The van der Waals surface area contributed by atoms with Crippen LogP contribution < -0.4 is 0 Å². The Morgan fingerprint density at radius 1 is 1.04 bits per heavy atom. The summed E-state index contributed by atoms with van der Waals surface area (Å²) < 4.78 is 5.55. The number of halogens is 2. The molecule has 0 amide bonds. The number of hydrogen-bond acceptors (Lipinski definition) is 3. The lowest BCUT2D eigenvalue weighted by Gasteiger charge is -2.34. The number of carbonyl (C=O) groups excluding carboxylic acids is 1. The first-order chi connectivity index (χ1) is 12.1. The third kappa shape index (κ3) is 5.21. The summed E-state index contributed by atoms with van der Waals surface area (Å²) in [5.74, 6) is -0.165. The second-order valence-corrected chi connectivity index (χ2v) is 7.22. The number of nitrogens with zero attached hydrogens (tertiary/aromatic N) is 1. The summed E-state index contributed by atoms with van der Waals surface area (Å²) in [7, 11) is 0. The summed E-state index contributed by atoms with van der Waals surface area (Å²) in [4.78, 5) is 14.8. The first-order valence-corrected chi connectivity index (χ1v) is 9.27. The normalized spacial score (nSPS) is 18.1. The lowest BCUT2D eigenvalue weighted by Crippen LogP contribution is -2.44.